The van der Waals surface area contributed by atoms with Gasteiger partial charge in [0.25, 0.3) is 0 Å². The summed E-state index contributed by atoms with van der Waals surface area (Å²) in [5.41, 5.74) is 4.81. The number of halogens is 1. The van der Waals surface area contributed by atoms with Crippen LogP contribution >= 0.6 is 12.8 Å². The van der Waals surface area contributed by atoms with Crippen LogP contribution in [0.1, 0.15) is 31.2 Å². The highest BCUT2D eigenvalue weighted by atomic mass is 32.1. The van der Waals surface area contributed by atoms with Crippen molar-refractivity contribution in [2.75, 3.05) is 29.9 Å². The van der Waals surface area contributed by atoms with Crippen molar-refractivity contribution in [1.29, 1.82) is 5.41 Å². The van der Waals surface area contributed by atoms with Crippen LogP contribution in [0.15, 0.2) is 71.5 Å². The van der Waals surface area contributed by atoms with Gasteiger partial charge in [-0.1, -0.05) is 30.5 Å². The van der Waals surface area contributed by atoms with Crippen molar-refractivity contribution in [1.82, 2.24) is 4.72 Å². The van der Waals surface area contributed by atoms with Crippen molar-refractivity contribution in [3.63, 3.8) is 0 Å². The summed E-state index contributed by atoms with van der Waals surface area (Å²) in [7, 11) is 0. The maximum Gasteiger partial charge on any atom is 0.130 e. The van der Waals surface area contributed by atoms with E-state index in [0.29, 0.717) is 25.8 Å². The summed E-state index contributed by atoms with van der Waals surface area (Å²) in [6.07, 6.45) is 8.44. The molecule has 0 saturated carbocycles. The molecule has 4 rings (SSSR count). The van der Waals surface area contributed by atoms with Crippen molar-refractivity contribution in [2.24, 2.45) is 5.41 Å². The quantitative estimate of drug-likeness (QED) is 0.212. The topological polar surface area (TPSA) is 68.2 Å². The first-order valence-electron chi connectivity index (χ1n) is 11.7. The number of aldehydes is 1. The zero-order valence-electron chi connectivity index (χ0n) is 19.2. The van der Waals surface area contributed by atoms with E-state index in [1.807, 2.05) is 6.08 Å². The van der Waals surface area contributed by atoms with Gasteiger partial charge < -0.3 is 20.4 Å². The van der Waals surface area contributed by atoms with Gasteiger partial charge in [-0.3, -0.25) is 4.72 Å². The molecular formula is C27H31FN4OS. The van der Waals surface area contributed by atoms with Gasteiger partial charge in [-0.15, -0.1) is 0 Å². The molecule has 1 atom stereocenters. The molecule has 7 heteroatoms. The number of anilines is 2. The molecule has 2 aromatic rings. The maximum atomic E-state index is 13.3. The highest BCUT2D eigenvalue weighted by Crippen LogP contribution is 2.43. The Kier molecular flexibility index (Phi) is 7.85. The molecule has 0 spiro atoms. The van der Waals surface area contributed by atoms with E-state index in [9.17, 15) is 9.18 Å². The lowest BCUT2D eigenvalue weighted by molar-refractivity contribution is -0.114. The summed E-state index contributed by atoms with van der Waals surface area (Å²) >= 11 is 4.14. The number of hydrogen-bond donors (Lipinski definition) is 4. The standard InChI is InChI=1S/C27H31FN4OS/c28-23-5-7-24(8-6-23)31-26-15-22(11-12-30-34)27(19-33,17-21(26)18-29)16-20-3-9-25(10-4-20)32-13-1-2-14-32/h3-10,15,18-19,29-31,34H,1-2,11-14,16-17H2. The smallest absolute Gasteiger partial charge is 0.130 e. The highest BCUT2D eigenvalue weighted by Gasteiger charge is 2.38. The lowest BCUT2D eigenvalue weighted by Gasteiger charge is -2.36. The fourth-order valence-electron chi connectivity index (χ4n) is 4.90. The molecule has 2 aromatic carbocycles. The summed E-state index contributed by atoms with van der Waals surface area (Å²) in [6.45, 7) is 2.80. The van der Waals surface area contributed by atoms with E-state index < -0.39 is 5.41 Å². The van der Waals surface area contributed by atoms with Gasteiger partial charge in [0.2, 0.25) is 0 Å². The first-order valence-corrected chi connectivity index (χ1v) is 12.2. The Bertz CT molecular complexity index is 1070. The zero-order chi connectivity index (χ0) is 24.0. The van der Waals surface area contributed by atoms with E-state index >= 15 is 0 Å². The molecule has 1 fully saturated rings. The highest BCUT2D eigenvalue weighted by molar-refractivity contribution is 7.78. The van der Waals surface area contributed by atoms with Crippen LogP contribution < -0.4 is 14.9 Å². The van der Waals surface area contributed by atoms with E-state index in [0.717, 1.165) is 47.5 Å². The number of nitrogens with one attached hydrogen (secondary N) is 3. The first-order chi connectivity index (χ1) is 16.6. The van der Waals surface area contributed by atoms with Gasteiger partial charge in [0.15, 0.2) is 0 Å². The minimum absolute atomic E-state index is 0.303. The Morgan fingerprint density at radius 2 is 1.79 bits per heavy atom. The minimum atomic E-state index is -0.735. The summed E-state index contributed by atoms with van der Waals surface area (Å²) in [5.74, 6) is -0.303. The molecule has 3 N–H and O–H groups in total. The Morgan fingerprint density at radius 3 is 2.41 bits per heavy atom. The molecule has 0 aromatic heterocycles. The van der Waals surface area contributed by atoms with Gasteiger partial charge in [0, 0.05) is 42.9 Å². The maximum absolute atomic E-state index is 13.3. The average molecular weight is 479 g/mol. The van der Waals surface area contributed by atoms with E-state index in [1.165, 1.54) is 36.9 Å². The second-order valence-electron chi connectivity index (χ2n) is 9.03. The molecule has 1 heterocycles. The fourth-order valence-corrected chi connectivity index (χ4v) is 5.02. The van der Waals surface area contributed by atoms with Crippen molar-refractivity contribution >= 4 is 36.7 Å². The zero-order valence-corrected chi connectivity index (χ0v) is 20.1. The van der Waals surface area contributed by atoms with Crippen LogP contribution in [-0.4, -0.2) is 32.1 Å². The average Bonchev–Trinajstić information content (AvgIpc) is 3.40. The van der Waals surface area contributed by atoms with Crippen LogP contribution in [-0.2, 0) is 11.2 Å². The van der Waals surface area contributed by atoms with Crippen LogP contribution in [0.2, 0.25) is 0 Å². The summed E-state index contributed by atoms with van der Waals surface area (Å²) in [4.78, 5) is 15.0. The number of benzene rings is 2. The number of allylic oxidation sites excluding steroid dienone is 2. The van der Waals surface area contributed by atoms with Gasteiger partial charge in [-0.05, 0) is 85.7 Å². The molecule has 2 aliphatic rings. The van der Waals surface area contributed by atoms with Crippen LogP contribution in [0.4, 0.5) is 15.8 Å². The van der Waals surface area contributed by atoms with Crippen LogP contribution in [0.25, 0.3) is 0 Å². The van der Waals surface area contributed by atoms with Gasteiger partial charge >= 0.3 is 0 Å². The summed E-state index contributed by atoms with van der Waals surface area (Å²) < 4.78 is 16.2. The predicted octanol–water partition coefficient (Wildman–Crippen LogP) is 5.32. The Labute approximate surface area is 206 Å². The Morgan fingerprint density at radius 1 is 1.09 bits per heavy atom. The Balaban J connectivity index is 1.62. The third-order valence-corrected chi connectivity index (χ3v) is 6.99. The second kappa shape index (κ2) is 11.0. The van der Waals surface area contributed by atoms with Crippen molar-refractivity contribution in [3.05, 3.63) is 82.8 Å². The molecule has 0 bridgehead atoms. The molecule has 1 aliphatic carbocycles. The molecule has 1 aliphatic heterocycles. The first kappa shape index (κ1) is 24.2. The third-order valence-electron chi connectivity index (χ3n) is 6.77. The van der Waals surface area contributed by atoms with E-state index in [2.05, 4.69) is 52.0 Å². The monoisotopic (exact) mass is 478 g/mol. The minimum Gasteiger partial charge on any atom is -0.372 e. The number of carbonyl (C=O) groups excluding carboxylic acids is 1. The Hall–Kier alpha value is -2.90. The van der Waals surface area contributed by atoms with Crippen molar-refractivity contribution in [2.45, 2.75) is 32.1 Å². The van der Waals surface area contributed by atoms with Crippen molar-refractivity contribution < 1.29 is 9.18 Å². The van der Waals surface area contributed by atoms with Crippen molar-refractivity contribution in [3.8, 4) is 0 Å². The van der Waals surface area contributed by atoms with E-state index in [-0.39, 0.29) is 5.82 Å². The molecule has 178 valence electrons. The summed E-state index contributed by atoms with van der Waals surface area (Å²) in [5, 5.41) is 11.3. The number of thiol groups is 1. The third kappa shape index (κ3) is 5.42. The number of rotatable bonds is 10. The molecule has 5 nitrogen and oxygen atoms in total. The number of hydrogen-bond acceptors (Lipinski definition) is 6. The molecule has 0 radical (unpaired) electrons. The van der Waals surface area contributed by atoms with Gasteiger partial charge in [-0.25, -0.2) is 4.39 Å². The lowest BCUT2D eigenvalue weighted by atomic mass is 9.68. The fraction of sp³-hybridized carbons (Fsp3) is 0.333. The molecule has 34 heavy (non-hydrogen) atoms. The normalized spacial score (nSPS) is 20.3. The van der Waals surface area contributed by atoms with Gasteiger partial charge in [-0.2, -0.15) is 0 Å². The van der Waals surface area contributed by atoms with Crippen LogP contribution in [0.5, 0.6) is 0 Å². The van der Waals surface area contributed by atoms with Gasteiger partial charge in [0.05, 0.1) is 5.41 Å². The predicted molar refractivity (Wildman–Crippen MR) is 140 cm³/mol. The molecule has 1 unspecified atom stereocenters. The van der Waals surface area contributed by atoms with Crippen LogP contribution in [0, 0.1) is 16.6 Å². The molecular weight excluding hydrogens is 447 g/mol. The SMILES string of the molecule is N=CC1=C(Nc2ccc(F)cc2)C=C(CCNS)C(C=O)(Cc2ccc(N3CCCC3)cc2)C1. The number of nitrogens with zero attached hydrogens (tertiary/aromatic N) is 1. The van der Waals surface area contributed by atoms with E-state index in [1.54, 1.807) is 12.1 Å². The molecule has 0 amide bonds. The van der Waals surface area contributed by atoms with E-state index in [4.69, 9.17) is 5.41 Å². The van der Waals surface area contributed by atoms with Gasteiger partial charge in [0.1, 0.15) is 12.1 Å². The number of carbonyl (C=O) groups is 1. The second-order valence-corrected chi connectivity index (χ2v) is 9.35. The van der Waals surface area contributed by atoms with Crippen LogP contribution in [0.3, 0.4) is 0 Å². The molecule has 1 saturated heterocycles. The largest absolute Gasteiger partial charge is 0.372 e. The lowest BCUT2D eigenvalue weighted by Crippen LogP contribution is -2.33. The summed E-state index contributed by atoms with van der Waals surface area (Å²) in [6, 6.07) is 14.7.